The highest BCUT2D eigenvalue weighted by molar-refractivity contribution is 6.90. The van der Waals surface area contributed by atoms with Crippen molar-refractivity contribution in [1.29, 1.82) is 0 Å². The zero-order valence-corrected chi connectivity index (χ0v) is 11.4. The predicted molar refractivity (Wildman–Crippen MR) is 70.7 cm³/mol. The largest absolute Gasteiger partial charge is 0.174 e. The molecule has 0 spiro atoms. The summed E-state index contributed by atoms with van der Waals surface area (Å²) in [5, 5.41) is 0. The van der Waals surface area contributed by atoms with E-state index in [4.69, 9.17) is 0 Å². The minimum absolute atomic E-state index is 0.815. The van der Waals surface area contributed by atoms with Crippen molar-refractivity contribution in [2.45, 2.75) is 52.9 Å². The Labute approximate surface area is 90.6 Å². The Hall–Kier alpha value is -0.238. The molecule has 1 aliphatic heterocycles. The molecule has 1 rings (SSSR count). The molecule has 0 N–H and O–H groups in total. The van der Waals surface area contributed by atoms with Crippen molar-refractivity contribution in [3.05, 3.63) is 22.4 Å². The number of hydrogen-bond acceptors (Lipinski definition) is 0. The number of hydrogen-bond donors (Lipinski definition) is 0. The predicted octanol–water partition coefficient (Wildman–Crippen LogP) is 4.12. The first-order chi connectivity index (χ1) is 6.54. The van der Waals surface area contributed by atoms with Crippen molar-refractivity contribution in [1.82, 2.24) is 0 Å². The molecular formula is C12H23BSi. The third-order valence-corrected chi connectivity index (χ3v) is 5.40. The summed E-state index contributed by atoms with van der Waals surface area (Å²) in [7, 11) is -1.11. The maximum absolute atomic E-state index is 2.61. The average Bonchev–Trinajstić information content (AvgIpc) is 2.44. The fourth-order valence-electron chi connectivity index (χ4n) is 2.48. The third kappa shape index (κ3) is 2.41. The molecule has 0 nitrogen and oxygen atoms in total. The Bertz CT molecular complexity index is 259. The topological polar surface area (TPSA) is 0 Å². The van der Waals surface area contributed by atoms with Gasteiger partial charge in [0.15, 0.2) is 6.71 Å². The molecule has 14 heavy (non-hydrogen) atoms. The van der Waals surface area contributed by atoms with E-state index in [-0.39, 0.29) is 0 Å². The van der Waals surface area contributed by atoms with Crippen LogP contribution in [0.25, 0.3) is 0 Å². The van der Waals surface area contributed by atoms with Crippen molar-refractivity contribution < 1.29 is 0 Å². The zero-order valence-electron chi connectivity index (χ0n) is 10.4. The molecule has 2 heteroatoms. The average molecular weight is 206 g/mol. The summed E-state index contributed by atoms with van der Waals surface area (Å²) in [5.74, 6) is 0. The molecule has 0 aromatic carbocycles. The van der Waals surface area contributed by atoms with Crippen LogP contribution in [0.3, 0.4) is 0 Å². The van der Waals surface area contributed by atoms with Gasteiger partial charge in [0, 0.05) is 0 Å². The summed E-state index contributed by atoms with van der Waals surface area (Å²) in [6, 6.07) is 0. The standard InChI is InChI=1S/C12H23BSi/c1-6-11-9-14(4,5)10-12(11)13(7-2)8-3/h9-10H,6-8H2,1-5H3. The first-order valence-electron chi connectivity index (χ1n) is 5.98. The molecule has 0 atom stereocenters. The van der Waals surface area contributed by atoms with E-state index >= 15 is 0 Å². The number of rotatable bonds is 4. The monoisotopic (exact) mass is 206 g/mol. The molecule has 0 bridgehead atoms. The zero-order chi connectivity index (χ0) is 10.8. The minimum Gasteiger partial charge on any atom is -0.0961 e. The van der Waals surface area contributed by atoms with Gasteiger partial charge in [0.2, 0.25) is 0 Å². The van der Waals surface area contributed by atoms with E-state index in [0.717, 1.165) is 6.71 Å². The molecule has 0 aromatic rings. The van der Waals surface area contributed by atoms with Crippen LogP contribution in [0.15, 0.2) is 22.4 Å². The minimum atomic E-state index is -1.11. The molecule has 0 radical (unpaired) electrons. The van der Waals surface area contributed by atoms with Crippen molar-refractivity contribution >= 4 is 14.8 Å². The summed E-state index contributed by atoms with van der Waals surface area (Å²) in [6.45, 7) is 12.6. The SMILES string of the molecule is CCB(CC)C1=C[Si](C)(C)C=C1CC. The normalized spacial score (nSPS) is 19.2. The van der Waals surface area contributed by atoms with E-state index in [9.17, 15) is 0 Å². The van der Waals surface area contributed by atoms with Gasteiger partial charge in [-0.25, -0.2) is 0 Å². The Balaban J connectivity index is 2.93. The van der Waals surface area contributed by atoms with Crippen LogP contribution in [-0.4, -0.2) is 14.8 Å². The summed E-state index contributed by atoms with van der Waals surface area (Å²) >= 11 is 0. The first kappa shape index (κ1) is 11.8. The van der Waals surface area contributed by atoms with Crippen LogP contribution < -0.4 is 0 Å². The lowest BCUT2D eigenvalue weighted by Crippen LogP contribution is -2.18. The molecule has 0 fully saturated rings. The van der Waals surface area contributed by atoms with E-state index in [2.05, 4.69) is 45.3 Å². The van der Waals surface area contributed by atoms with Crippen molar-refractivity contribution in [2.24, 2.45) is 0 Å². The van der Waals surface area contributed by atoms with Crippen LogP contribution in [0.4, 0.5) is 0 Å². The van der Waals surface area contributed by atoms with Gasteiger partial charge in [-0.15, -0.1) is 0 Å². The summed E-state index contributed by atoms with van der Waals surface area (Å²) in [4.78, 5) is 0. The van der Waals surface area contributed by atoms with Crippen molar-refractivity contribution in [2.75, 3.05) is 0 Å². The van der Waals surface area contributed by atoms with Gasteiger partial charge >= 0.3 is 0 Å². The van der Waals surface area contributed by atoms with Crippen LogP contribution in [0.2, 0.25) is 25.7 Å². The number of allylic oxidation sites excluding steroid dienone is 2. The maximum Gasteiger partial charge on any atom is 0.174 e. The highest BCUT2D eigenvalue weighted by Gasteiger charge is 2.28. The first-order valence-corrected chi connectivity index (χ1v) is 9.14. The van der Waals surface area contributed by atoms with Crippen LogP contribution >= 0.6 is 0 Å². The highest BCUT2D eigenvalue weighted by Crippen LogP contribution is 2.31. The van der Waals surface area contributed by atoms with Gasteiger partial charge < -0.3 is 0 Å². The molecule has 78 valence electrons. The molecule has 0 aliphatic carbocycles. The second-order valence-electron chi connectivity index (χ2n) is 4.96. The van der Waals surface area contributed by atoms with Crippen molar-refractivity contribution in [3.8, 4) is 0 Å². The molecule has 0 amide bonds. The molecule has 0 unspecified atom stereocenters. The Morgan fingerprint density at radius 2 is 1.64 bits per heavy atom. The van der Waals surface area contributed by atoms with Crippen LogP contribution in [0.1, 0.15) is 27.2 Å². The summed E-state index contributed by atoms with van der Waals surface area (Å²) in [6.07, 6.45) is 3.81. The molecule has 0 aromatic heterocycles. The molecule has 1 aliphatic rings. The van der Waals surface area contributed by atoms with Gasteiger partial charge in [-0.1, -0.05) is 68.9 Å². The summed E-state index contributed by atoms with van der Waals surface area (Å²) < 4.78 is 0. The highest BCUT2D eigenvalue weighted by atomic mass is 28.3. The molecule has 0 saturated heterocycles. The second kappa shape index (κ2) is 4.52. The third-order valence-electron chi connectivity index (χ3n) is 3.25. The summed E-state index contributed by atoms with van der Waals surface area (Å²) in [5.41, 5.74) is 8.54. The Morgan fingerprint density at radius 1 is 1.07 bits per heavy atom. The quantitative estimate of drug-likeness (QED) is 0.607. The lowest BCUT2D eigenvalue weighted by molar-refractivity contribution is 1.14. The van der Waals surface area contributed by atoms with Gasteiger partial charge in [0.25, 0.3) is 0 Å². The van der Waals surface area contributed by atoms with Crippen LogP contribution in [-0.2, 0) is 0 Å². The fourth-order valence-corrected chi connectivity index (χ4v) is 5.06. The van der Waals surface area contributed by atoms with E-state index in [1.54, 1.807) is 11.0 Å². The Kier molecular flexibility index (Phi) is 3.82. The lowest BCUT2D eigenvalue weighted by atomic mass is 9.40. The van der Waals surface area contributed by atoms with Gasteiger partial charge in [-0.05, 0) is 6.42 Å². The molecule has 0 saturated carbocycles. The van der Waals surface area contributed by atoms with Crippen molar-refractivity contribution in [3.63, 3.8) is 0 Å². The van der Waals surface area contributed by atoms with E-state index in [0.29, 0.717) is 0 Å². The Morgan fingerprint density at radius 3 is 2.07 bits per heavy atom. The van der Waals surface area contributed by atoms with Gasteiger partial charge in [-0.3, -0.25) is 0 Å². The molecular weight excluding hydrogens is 183 g/mol. The van der Waals surface area contributed by atoms with E-state index in [1.807, 2.05) is 0 Å². The lowest BCUT2D eigenvalue weighted by Gasteiger charge is -2.13. The van der Waals surface area contributed by atoms with E-state index < -0.39 is 8.07 Å². The van der Waals surface area contributed by atoms with Gasteiger partial charge in [0.1, 0.15) is 0 Å². The van der Waals surface area contributed by atoms with E-state index in [1.165, 1.54) is 19.1 Å². The maximum atomic E-state index is 2.61. The fraction of sp³-hybridized carbons (Fsp3) is 0.667. The van der Waals surface area contributed by atoms with Gasteiger partial charge in [-0.2, -0.15) is 0 Å². The van der Waals surface area contributed by atoms with Crippen LogP contribution in [0.5, 0.6) is 0 Å². The second-order valence-corrected chi connectivity index (χ2v) is 9.18. The van der Waals surface area contributed by atoms with Crippen LogP contribution in [0, 0.1) is 0 Å². The molecule has 1 heterocycles. The smallest absolute Gasteiger partial charge is 0.0961 e. The van der Waals surface area contributed by atoms with Gasteiger partial charge in [0.05, 0.1) is 8.07 Å².